The van der Waals surface area contributed by atoms with Gasteiger partial charge in [-0.3, -0.25) is 4.98 Å². The minimum atomic E-state index is -0.644. The first-order valence-electron chi connectivity index (χ1n) is 15.0. The molecular weight excluding hydrogens is 536 g/mol. The highest BCUT2D eigenvalue weighted by atomic mass is 15.0. The van der Waals surface area contributed by atoms with Crippen LogP contribution in [0, 0.1) is 0 Å². The molecule has 1 spiro atoms. The van der Waals surface area contributed by atoms with Crippen LogP contribution in [0.1, 0.15) is 22.3 Å². The van der Waals surface area contributed by atoms with Gasteiger partial charge in [0.05, 0.1) is 39.2 Å². The summed E-state index contributed by atoms with van der Waals surface area (Å²) in [5.74, 6) is 0.702. The van der Waals surface area contributed by atoms with E-state index >= 15 is 0 Å². The Bertz CT molecular complexity index is 2440. The van der Waals surface area contributed by atoms with Crippen molar-refractivity contribution in [3.8, 4) is 39.7 Å². The Labute approximate surface area is 254 Å². The van der Waals surface area contributed by atoms with E-state index in [1.54, 1.807) is 0 Å². The summed E-state index contributed by atoms with van der Waals surface area (Å²) in [4.78, 5) is 15.7. The zero-order valence-corrected chi connectivity index (χ0v) is 23.6. The lowest BCUT2D eigenvalue weighted by Crippen LogP contribution is -2.34. The number of hydrogen-bond donors (Lipinski definition) is 0. The molecule has 10 rings (SSSR count). The number of benzene rings is 5. The predicted octanol–water partition coefficient (Wildman–Crippen LogP) is 8.98. The maximum Gasteiger partial charge on any atom is 0.160 e. The molecule has 0 bridgehead atoms. The Morgan fingerprint density at radius 1 is 0.523 bits per heavy atom. The van der Waals surface area contributed by atoms with Gasteiger partial charge >= 0.3 is 0 Å². The van der Waals surface area contributed by atoms with E-state index in [0.29, 0.717) is 5.82 Å². The monoisotopic (exact) mass is 560 g/mol. The molecular formula is C40H24N4. The molecule has 1 atom stereocenters. The fourth-order valence-electron chi connectivity index (χ4n) is 7.83. The van der Waals surface area contributed by atoms with Gasteiger partial charge < -0.3 is 4.57 Å². The van der Waals surface area contributed by atoms with Gasteiger partial charge in [-0.2, -0.15) is 0 Å². The fraction of sp³-hybridized carbons (Fsp3) is 0.0250. The summed E-state index contributed by atoms with van der Waals surface area (Å²) in [6.45, 7) is 0. The van der Waals surface area contributed by atoms with Gasteiger partial charge in [0, 0.05) is 33.7 Å². The normalized spacial score (nSPS) is 15.8. The highest BCUT2D eigenvalue weighted by Crippen LogP contribution is 2.62. The lowest BCUT2D eigenvalue weighted by Gasteiger charge is -2.39. The zero-order valence-electron chi connectivity index (χ0n) is 23.6. The average molecular weight is 561 g/mol. The second-order valence-electron chi connectivity index (χ2n) is 11.6. The van der Waals surface area contributed by atoms with Crippen LogP contribution in [0.4, 0.5) is 0 Å². The van der Waals surface area contributed by atoms with E-state index < -0.39 is 5.41 Å². The van der Waals surface area contributed by atoms with Gasteiger partial charge in [-0.05, 0) is 41.0 Å². The largest absolute Gasteiger partial charge is 0.309 e. The van der Waals surface area contributed by atoms with Crippen LogP contribution < -0.4 is 0 Å². The smallest absolute Gasteiger partial charge is 0.160 e. The Balaban J connectivity index is 1.45. The molecule has 44 heavy (non-hydrogen) atoms. The second kappa shape index (κ2) is 8.59. The van der Waals surface area contributed by atoms with Gasteiger partial charge in [-0.15, -0.1) is 0 Å². The Hall–Kier alpha value is -5.87. The van der Waals surface area contributed by atoms with E-state index in [0.717, 1.165) is 33.8 Å². The van der Waals surface area contributed by atoms with Crippen molar-refractivity contribution in [2.45, 2.75) is 5.41 Å². The van der Waals surface area contributed by atoms with Gasteiger partial charge in [-0.25, -0.2) is 9.97 Å². The predicted molar refractivity (Wildman–Crippen MR) is 176 cm³/mol. The zero-order chi connectivity index (χ0) is 28.8. The van der Waals surface area contributed by atoms with Crippen LogP contribution in [-0.4, -0.2) is 19.5 Å². The van der Waals surface area contributed by atoms with E-state index in [1.807, 2.05) is 36.5 Å². The molecule has 1 aliphatic heterocycles. The SMILES string of the molecule is c1ccc(-c2nc(-c3ccccn3)c3c(n2)-c2ccccc2C32c3ccccc3-n3c4ccccc4c4cccc2c43)cc1. The van der Waals surface area contributed by atoms with Crippen LogP contribution in [0.2, 0.25) is 0 Å². The molecule has 4 nitrogen and oxygen atoms in total. The first-order chi connectivity index (χ1) is 21.9. The van der Waals surface area contributed by atoms with Crippen molar-refractivity contribution in [2.75, 3.05) is 0 Å². The first-order valence-corrected chi connectivity index (χ1v) is 15.0. The molecule has 0 radical (unpaired) electrons. The summed E-state index contributed by atoms with van der Waals surface area (Å²) >= 11 is 0. The van der Waals surface area contributed by atoms with Gasteiger partial charge in [0.15, 0.2) is 5.82 Å². The summed E-state index contributed by atoms with van der Waals surface area (Å²) in [6.07, 6.45) is 1.86. The van der Waals surface area contributed by atoms with Gasteiger partial charge in [0.25, 0.3) is 0 Å². The van der Waals surface area contributed by atoms with E-state index in [-0.39, 0.29) is 0 Å². The van der Waals surface area contributed by atoms with Crippen molar-refractivity contribution in [3.63, 3.8) is 0 Å². The van der Waals surface area contributed by atoms with Gasteiger partial charge in [0.1, 0.15) is 0 Å². The average Bonchev–Trinajstić information content (AvgIpc) is 3.60. The lowest BCUT2D eigenvalue weighted by molar-refractivity contribution is 0.744. The summed E-state index contributed by atoms with van der Waals surface area (Å²) in [7, 11) is 0. The molecule has 0 saturated carbocycles. The molecule has 5 aromatic carbocycles. The molecule has 0 saturated heterocycles. The second-order valence-corrected chi connectivity index (χ2v) is 11.6. The minimum absolute atomic E-state index is 0.644. The number of aromatic nitrogens is 4. The highest BCUT2D eigenvalue weighted by Gasteiger charge is 2.53. The van der Waals surface area contributed by atoms with Crippen LogP contribution in [-0.2, 0) is 5.41 Å². The number of para-hydroxylation sites is 3. The molecule has 8 aromatic rings. The maximum atomic E-state index is 5.39. The molecule has 0 fully saturated rings. The van der Waals surface area contributed by atoms with Crippen LogP contribution in [0.25, 0.3) is 61.5 Å². The molecule has 0 N–H and O–H groups in total. The van der Waals surface area contributed by atoms with Crippen molar-refractivity contribution >= 4 is 21.8 Å². The third-order valence-corrected chi connectivity index (χ3v) is 9.46. The van der Waals surface area contributed by atoms with Crippen molar-refractivity contribution in [1.82, 2.24) is 19.5 Å². The van der Waals surface area contributed by atoms with Crippen LogP contribution in [0.3, 0.4) is 0 Å². The van der Waals surface area contributed by atoms with E-state index in [1.165, 1.54) is 44.2 Å². The molecule has 2 aliphatic rings. The van der Waals surface area contributed by atoms with Gasteiger partial charge in [-0.1, -0.05) is 115 Å². The third kappa shape index (κ3) is 2.85. The third-order valence-electron chi connectivity index (χ3n) is 9.46. The number of pyridine rings is 1. The number of hydrogen-bond acceptors (Lipinski definition) is 3. The summed E-state index contributed by atoms with van der Waals surface area (Å²) < 4.78 is 2.46. The molecule has 0 amide bonds. The van der Waals surface area contributed by atoms with E-state index in [2.05, 4.69) is 114 Å². The van der Waals surface area contributed by atoms with Crippen LogP contribution in [0.5, 0.6) is 0 Å². The van der Waals surface area contributed by atoms with Gasteiger partial charge in [0.2, 0.25) is 0 Å². The quantitative estimate of drug-likeness (QED) is 0.212. The molecule has 1 aliphatic carbocycles. The van der Waals surface area contributed by atoms with E-state index in [4.69, 9.17) is 15.0 Å². The Morgan fingerprint density at radius 2 is 1.23 bits per heavy atom. The van der Waals surface area contributed by atoms with E-state index in [9.17, 15) is 0 Å². The lowest BCUT2D eigenvalue weighted by atomic mass is 9.65. The number of fused-ring (bicyclic) bond motifs is 12. The van der Waals surface area contributed by atoms with Crippen LogP contribution >= 0.6 is 0 Å². The number of nitrogens with zero attached hydrogens (tertiary/aromatic N) is 4. The molecule has 4 heteroatoms. The molecule has 1 unspecified atom stereocenters. The highest BCUT2D eigenvalue weighted by molar-refractivity contribution is 6.13. The topological polar surface area (TPSA) is 43.6 Å². The number of rotatable bonds is 2. The fourth-order valence-corrected chi connectivity index (χ4v) is 7.83. The molecule has 3 aromatic heterocycles. The Kier molecular flexibility index (Phi) is 4.62. The maximum absolute atomic E-state index is 5.39. The first kappa shape index (κ1) is 23.7. The molecule has 4 heterocycles. The van der Waals surface area contributed by atoms with Crippen molar-refractivity contribution in [3.05, 3.63) is 168 Å². The van der Waals surface area contributed by atoms with Crippen molar-refractivity contribution in [2.24, 2.45) is 0 Å². The standard InChI is InChI=1S/C40H24N4/c1-2-13-25(14-3-1)39-42-36-28-16-4-6-18-29(28)40(35(36)37(43-39)32-21-10-11-24-41-32)30-19-7-9-23-34(30)44-33-22-8-5-15-26(33)27-17-12-20-31(40)38(27)44/h1-24H. The summed E-state index contributed by atoms with van der Waals surface area (Å²) in [5.41, 5.74) is 12.5. The van der Waals surface area contributed by atoms with Crippen LogP contribution in [0.15, 0.2) is 146 Å². The molecule has 204 valence electrons. The Morgan fingerprint density at radius 3 is 2.11 bits per heavy atom. The van der Waals surface area contributed by atoms with Crippen molar-refractivity contribution in [1.29, 1.82) is 0 Å². The summed E-state index contributed by atoms with van der Waals surface area (Å²) in [5, 5.41) is 2.50. The summed E-state index contributed by atoms with van der Waals surface area (Å²) in [6, 6.07) is 49.5. The minimum Gasteiger partial charge on any atom is -0.309 e. The van der Waals surface area contributed by atoms with Crippen molar-refractivity contribution < 1.29 is 0 Å².